The van der Waals surface area contributed by atoms with Crippen molar-refractivity contribution in [1.82, 2.24) is 0 Å². The fraction of sp³-hybridized carbons (Fsp3) is 0.0625. The second-order valence-electron chi connectivity index (χ2n) is 4.12. The second-order valence-corrected chi connectivity index (χ2v) is 4.12. The predicted molar refractivity (Wildman–Crippen MR) is 77.5 cm³/mol. The molecule has 0 bridgehead atoms. The molecule has 0 aliphatic carbocycles. The highest BCUT2D eigenvalue weighted by Crippen LogP contribution is 2.18. The van der Waals surface area contributed by atoms with Crippen LogP contribution in [0.15, 0.2) is 60.7 Å². The van der Waals surface area contributed by atoms with Crippen LogP contribution in [0.1, 0.15) is 12.0 Å². The minimum Gasteiger partial charge on any atom is -0.481 e. The second kappa shape index (κ2) is 6.40. The quantitative estimate of drug-likeness (QED) is 0.849. The summed E-state index contributed by atoms with van der Waals surface area (Å²) in [4.78, 5) is 10.4. The van der Waals surface area contributed by atoms with Crippen LogP contribution in [0.4, 0.5) is 11.4 Å². The third-order valence-corrected chi connectivity index (χ3v) is 2.55. The first kappa shape index (κ1) is 12.9. The van der Waals surface area contributed by atoms with Crippen LogP contribution < -0.4 is 5.32 Å². The molecule has 0 fully saturated rings. The van der Waals surface area contributed by atoms with Gasteiger partial charge in [-0.05, 0) is 29.8 Å². The molecule has 0 aliphatic heterocycles. The van der Waals surface area contributed by atoms with Gasteiger partial charge in [-0.1, -0.05) is 42.5 Å². The number of carboxylic acids is 1. The molecule has 0 saturated carbocycles. The maximum atomic E-state index is 10.4. The van der Waals surface area contributed by atoms with E-state index in [2.05, 4.69) is 5.32 Å². The lowest BCUT2D eigenvalue weighted by Gasteiger charge is -2.06. The van der Waals surface area contributed by atoms with Gasteiger partial charge in [0.25, 0.3) is 0 Å². The molecule has 2 aromatic rings. The Morgan fingerprint density at radius 3 is 2.53 bits per heavy atom. The molecule has 0 atom stereocenters. The molecule has 0 radical (unpaired) electrons. The van der Waals surface area contributed by atoms with Crippen LogP contribution in [0.5, 0.6) is 0 Å². The standard InChI is InChI=1S/C16H15NO2/c18-16(19)11-5-7-13-6-4-10-15(12-13)17-14-8-2-1-3-9-14/h1-10,12,17H,11H2,(H,18,19). The predicted octanol–water partition coefficient (Wildman–Crippen LogP) is 3.92. The number of rotatable bonds is 5. The summed E-state index contributed by atoms with van der Waals surface area (Å²) in [5.74, 6) is -0.824. The fourth-order valence-electron chi connectivity index (χ4n) is 1.70. The van der Waals surface area contributed by atoms with Gasteiger partial charge in [-0.15, -0.1) is 0 Å². The lowest BCUT2D eigenvalue weighted by molar-refractivity contribution is -0.135. The zero-order valence-electron chi connectivity index (χ0n) is 10.4. The van der Waals surface area contributed by atoms with Gasteiger partial charge in [-0.2, -0.15) is 0 Å². The molecule has 2 rings (SSSR count). The number of anilines is 2. The van der Waals surface area contributed by atoms with Gasteiger partial charge in [0.15, 0.2) is 0 Å². The molecule has 3 heteroatoms. The molecule has 0 saturated heterocycles. The Morgan fingerprint density at radius 1 is 1.05 bits per heavy atom. The van der Waals surface area contributed by atoms with E-state index in [1.54, 1.807) is 6.08 Å². The number of hydrogen-bond donors (Lipinski definition) is 2. The molecular formula is C16H15NO2. The summed E-state index contributed by atoms with van der Waals surface area (Å²) >= 11 is 0. The van der Waals surface area contributed by atoms with Crippen molar-refractivity contribution in [3.05, 3.63) is 66.2 Å². The van der Waals surface area contributed by atoms with Crippen molar-refractivity contribution in [3.63, 3.8) is 0 Å². The van der Waals surface area contributed by atoms with E-state index in [9.17, 15) is 4.79 Å². The van der Waals surface area contributed by atoms with Crippen molar-refractivity contribution in [2.24, 2.45) is 0 Å². The molecule has 2 aromatic carbocycles. The van der Waals surface area contributed by atoms with Crippen LogP contribution in [0.3, 0.4) is 0 Å². The van der Waals surface area contributed by atoms with E-state index in [0.717, 1.165) is 16.9 Å². The van der Waals surface area contributed by atoms with Gasteiger partial charge < -0.3 is 10.4 Å². The zero-order valence-corrected chi connectivity index (χ0v) is 10.4. The van der Waals surface area contributed by atoms with Crippen LogP contribution in [-0.4, -0.2) is 11.1 Å². The summed E-state index contributed by atoms with van der Waals surface area (Å²) < 4.78 is 0. The van der Waals surface area contributed by atoms with Gasteiger partial charge in [-0.3, -0.25) is 4.79 Å². The molecule has 0 amide bonds. The highest BCUT2D eigenvalue weighted by molar-refractivity contribution is 5.71. The monoisotopic (exact) mass is 253 g/mol. The van der Waals surface area contributed by atoms with E-state index in [-0.39, 0.29) is 6.42 Å². The van der Waals surface area contributed by atoms with Gasteiger partial charge in [0.2, 0.25) is 0 Å². The minimum absolute atomic E-state index is 0.0380. The lowest BCUT2D eigenvalue weighted by atomic mass is 10.1. The number of hydrogen-bond acceptors (Lipinski definition) is 2. The fourth-order valence-corrected chi connectivity index (χ4v) is 1.70. The first-order chi connectivity index (χ1) is 9.24. The minimum atomic E-state index is -0.824. The average Bonchev–Trinajstić information content (AvgIpc) is 2.40. The summed E-state index contributed by atoms with van der Waals surface area (Å²) in [7, 11) is 0. The van der Waals surface area contributed by atoms with E-state index in [1.165, 1.54) is 0 Å². The smallest absolute Gasteiger partial charge is 0.307 e. The summed E-state index contributed by atoms with van der Waals surface area (Å²) in [5.41, 5.74) is 2.97. The number of para-hydroxylation sites is 1. The molecule has 96 valence electrons. The van der Waals surface area contributed by atoms with Crippen LogP contribution in [-0.2, 0) is 4.79 Å². The Labute approximate surface area is 112 Å². The summed E-state index contributed by atoms with van der Waals surface area (Å²) in [6.45, 7) is 0. The maximum Gasteiger partial charge on any atom is 0.307 e. The Balaban J connectivity index is 2.07. The molecule has 0 spiro atoms. The van der Waals surface area contributed by atoms with Crippen LogP contribution in [0.25, 0.3) is 6.08 Å². The van der Waals surface area contributed by atoms with Crippen molar-refractivity contribution in [1.29, 1.82) is 0 Å². The van der Waals surface area contributed by atoms with Crippen molar-refractivity contribution in [3.8, 4) is 0 Å². The lowest BCUT2D eigenvalue weighted by Crippen LogP contribution is -1.90. The number of aliphatic carboxylic acids is 1. The normalized spacial score (nSPS) is 10.5. The van der Waals surface area contributed by atoms with E-state index >= 15 is 0 Å². The van der Waals surface area contributed by atoms with Crippen LogP contribution in [0, 0.1) is 0 Å². The molecule has 19 heavy (non-hydrogen) atoms. The van der Waals surface area contributed by atoms with Crippen molar-refractivity contribution >= 4 is 23.4 Å². The molecule has 0 aliphatic rings. The first-order valence-corrected chi connectivity index (χ1v) is 6.04. The molecule has 3 nitrogen and oxygen atoms in total. The van der Waals surface area contributed by atoms with E-state index in [0.29, 0.717) is 0 Å². The molecule has 0 unspecified atom stereocenters. The Morgan fingerprint density at radius 2 is 1.79 bits per heavy atom. The Bertz CT molecular complexity index is 576. The van der Waals surface area contributed by atoms with E-state index < -0.39 is 5.97 Å². The Hall–Kier alpha value is -2.55. The van der Waals surface area contributed by atoms with Crippen molar-refractivity contribution < 1.29 is 9.90 Å². The maximum absolute atomic E-state index is 10.4. The van der Waals surface area contributed by atoms with E-state index in [4.69, 9.17) is 5.11 Å². The van der Waals surface area contributed by atoms with Gasteiger partial charge in [0.1, 0.15) is 0 Å². The molecule has 0 aromatic heterocycles. The molecular weight excluding hydrogens is 238 g/mol. The number of benzene rings is 2. The largest absolute Gasteiger partial charge is 0.481 e. The zero-order chi connectivity index (χ0) is 13.5. The highest BCUT2D eigenvalue weighted by Gasteiger charge is 1.95. The third-order valence-electron chi connectivity index (χ3n) is 2.55. The summed E-state index contributed by atoms with van der Waals surface area (Å²) in [6.07, 6.45) is 3.49. The van der Waals surface area contributed by atoms with E-state index in [1.807, 2.05) is 60.7 Å². The average molecular weight is 253 g/mol. The van der Waals surface area contributed by atoms with Crippen LogP contribution in [0.2, 0.25) is 0 Å². The SMILES string of the molecule is O=C(O)CC=Cc1cccc(Nc2ccccc2)c1. The van der Waals surface area contributed by atoms with Gasteiger partial charge >= 0.3 is 5.97 Å². The van der Waals surface area contributed by atoms with Crippen molar-refractivity contribution in [2.45, 2.75) is 6.42 Å². The topological polar surface area (TPSA) is 49.3 Å². The Kier molecular flexibility index (Phi) is 4.34. The summed E-state index contributed by atoms with van der Waals surface area (Å²) in [6, 6.07) is 17.7. The summed E-state index contributed by atoms with van der Waals surface area (Å²) in [5, 5.41) is 11.9. The highest BCUT2D eigenvalue weighted by atomic mass is 16.4. The molecule has 2 N–H and O–H groups in total. The number of carbonyl (C=O) groups is 1. The molecule has 0 heterocycles. The van der Waals surface area contributed by atoms with Gasteiger partial charge in [0, 0.05) is 11.4 Å². The third kappa shape index (κ3) is 4.32. The first-order valence-electron chi connectivity index (χ1n) is 6.04. The number of carboxylic acid groups (broad SMARTS) is 1. The number of nitrogens with one attached hydrogen (secondary N) is 1. The van der Waals surface area contributed by atoms with Crippen LogP contribution >= 0.6 is 0 Å². The van der Waals surface area contributed by atoms with Gasteiger partial charge in [-0.25, -0.2) is 0 Å². The van der Waals surface area contributed by atoms with Crippen molar-refractivity contribution in [2.75, 3.05) is 5.32 Å². The van der Waals surface area contributed by atoms with Gasteiger partial charge in [0.05, 0.1) is 6.42 Å².